The molecule has 0 heterocycles. The highest BCUT2D eigenvalue weighted by molar-refractivity contribution is 4.86. The maximum absolute atomic E-state index is 3.74. The number of unbranched alkanes of at least 4 members (excludes halogenated alkanes) is 2. The van der Waals surface area contributed by atoms with Crippen LogP contribution in [-0.4, -0.2) is 12.6 Å². The Kier molecular flexibility index (Phi) is 5.11. The lowest BCUT2D eigenvalue weighted by molar-refractivity contribution is 0.151. The molecule has 0 aromatic heterocycles. The van der Waals surface area contributed by atoms with Crippen molar-refractivity contribution in [3.63, 3.8) is 0 Å². The van der Waals surface area contributed by atoms with E-state index in [1.807, 2.05) is 0 Å². The van der Waals surface area contributed by atoms with Gasteiger partial charge < -0.3 is 5.32 Å². The SMILES string of the molecule is CCCCCNC1CC(C)CC(C)(C)C1. The molecule has 2 atom stereocenters. The minimum atomic E-state index is 0.556. The first-order chi connectivity index (χ1) is 7.03. The highest BCUT2D eigenvalue weighted by atomic mass is 14.9. The maximum atomic E-state index is 3.74. The first-order valence-electron chi connectivity index (χ1n) is 6.77. The molecule has 0 spiro atoms. The summed E-state index contributed by atoms with van der Waals surface area (Å²) < 4.78 is 0. The highest BCUT2D eigenvalue weighted by Gasteiger charge is 2.31. The summed E-state index contributed by atoms with van der Waals surface area (Å²) in [5, 5.41) is 3.74. The maximum Gasteiger partial charge on any atom is 0.00746 e. The van der Waals surface area contributed by atoms with E-state index in [0.29, 0.717) is 5.41 Å². The van der Waals surface area contributed by atoms with Crippen LogP contribution in [0.3, 0.4) is 0 Å². The van der Waals surface area contributed by atoms with E-state index < -0.39 is 0 Å². The van der Waals surface area contributed by atoms with E-state index in [1.165, 1.54) is 45.1 Å². The minimum Gasteiger partial charge on any atom is -0.314 e. The topological polar surface area (TPSA) is 12.0 Å². The van der Waals surface area contributed by atoms with Crippen LogP contribution in [-0.2, 0) is 0 Å². The fourth-order valence-corrected chi connectivity index (χ4v) is 3.18. The molecule has 1 saturated carbocycles. The summed E-state index contributed by atoms with van der Waals surface area (Å²) in [6.07, 6.45) is 8.20. The molecule has 0 bridgehead atoms. The Morgan fingerprint density at radius 3 is 2.53 bits per heavy atom. The lowest BCUT2D eigenvalue weighted by atomic mass is 9.70. The van der Waals surface area contributed by atoms with Crippen LogP contribution in [0.1, 0.15) is 66.2 Å². The van der Waals surface area contributed by atoms with Crippen molar-refractivity contribution in [2.75, 3.05) is 6.54 Å². The molecule has 1 aliphatic rings. The highest BCUT2D eigenvalue weighted by Crippen LogP contribution is 2.38. The summed E-state index contributed by atoms with van der Waals surface area (Å²) in [4.78, 5) is 0. The van der Waals surface area contributed by atoms with Crippen LogP contribution in [0.2, 0.25) is 0 Å². The van der Waals surface area contributed by atoms with Crippen LogP contribution in [0.4, 0.5) is 0 Å². The molecule has 0 saturated heterocycles. The molecule has 0 radical (unpaired) electrons. The molecular weight excluding hydrogens is 182 g/mol. The van der Waals surface area contributed by atoms with Crippen LogP contribution in [0.25, 0.3) is 0 Å². The molecule has 1 nitrogen and oxygen atoms in total. The fraction of sp³-hybridized carbons (Fsp3) is 1.00. The Morgan fingerprint density at radius 2 is 1.93 bits per heavy atom. The summed E-state index contributed by atoms with van der Waals surface area (Å²) in [5.41, 5.74) is 0.556. The second-order valence-electron chi connectivity index (χ2n) is 6.27. The standard InChI is InChI=1S/C14H29N/c1-5-6-7-8-15-13-9-12(2)10-14(3,4)11-13/h12-13,15H,5-11H2,1-4H3. The summed E-state index contributed by atoms with van der Waals surface area (Å²) in [6.45, 7) is 10.7. The van der Waals surface area contributed by atoms with E-state index in [9.17, 15) is 0 Å². The van der Waals surface area contributed by atoms with Gasteiger partial charge in [-0.3, -0.25) is 0 Å². The van der Waals surface area contributed by atoms with E-state index in [2.05, 4.69) is 33.0 Å². The molecule has 2 unspecified atom stereocenters. The van der Waals surface area contributed by atoms with Crippen molar-refractivity contribution in [2.24, 2.45) is 11.3 Å². The molecule has 1 fully saturated rings. The van der Waals surface area contributed by atoms with Gasteiger partial charge in [-0.1, -0.05) is 40.5 Å². The van der Waals surface area contributed by atoms with Gasteiger partial charge in [0, 0.05) is 6.04 Å². The predicted molar refractivity (Wildman–Crippen MR) is 68.1 cm³/mol. The molecule has 90 valence electrons. The third-order valence-electron chi connectivity index (χ3n) is 3.60. The van der Waals surface area contributed by atoms with Crippen molar-refractivity contribution in [3.8, 4) is 0 Å². The van der Waals surface area contributed by atoms with Gasteiger partial charge in [-0.15, -0.1) is 0 Å². The van der Waals surface area contributed by atoms with Crippen molar-refractivity contribution in [3.05, 3.63) is 0 Å². The zero-order valence-electron chi connectivity index (χ0n) is 11.1. The van der Waals surface area contributed by atoms with Crippen LogP contribution < -0.4 is 5.32 Å². The summed E-state index contributed by atoms with van der Waals surface area (Å²) in [6, 6.07) is 0.778. The van der Waals surface area contributed by atoms with Gasteiger partial charge in [-0.25, -0.2) is 0 Å². The van der Waals surface area contributed by atoms with E-state index in [-0.39, 0.29) is 0 Å². The first kappa shape index (κ1) is 13.0. The Morgan fingerprint density at radius 1 is 1.20 bits per heavy atom. The second-order valence-corrected chi connectivity index (χ2v) is 6.27. The molecular formula is C14H29N. The molecule has 1 rings (SSSR count). The quantitative estimate of drug-likeness (QED) is 0.678. The van der Waals surface area contributed by atoms with Crippen molar-refractivity contribution in [1.82, 2.24) is 5.32 Å². The minimum absolute atomic E-state index is 0.556. The number of hydrogen-bond donors (Lipinski definition) is 1. The smallest absolute Gasteiger partial charge is 0.00746 e. The van der Waals surface area contributed by atoms with Gasteiger partial charge in [0.25, 0.3) is 0 Å². The van der Waals surface area contributed by atoms with Crippen LogP contribution in [0, 0.1) is 11.3 Å². The van der Waals surface area contributed by atoms with Crippen LogP contribution in [0.5, 0.6) is 0 Å². The van der Waals surface area contributed by atoms with Crippen LogP contribution in [0.15, 0.2) is 0 Å². The van der Waals surface area contributed by atoms with E-state index >= 15 is 0 Å². The third-order valence-corrected chi connectivity index (χ3v) is 3.60. The summed E-state index contributed by atoms with van der Waals surface area (Å²) in [7, 11) is 0. The number of hydrogen-bond acceptors (Lipinski definition) is 1. The molecule has 1 N–H and O–H groups in total. The van der Waals surface area contributed by atoms with Crippen molar-refractivity contribution in [1.29, 1.82) is 0 Å². The van der Waals surface area contributed by atoms with Gasteiger partial charge in [0.15, 0.2) is 0 Å². The molecule has 15 heavy (non-hydrogen) atoms. The first-order valence-corrected chi connectivity index (χ1v) is 6.77. The molecule has 0 aliphatic heterocycles. The average Bonchev–Trinajstić information content (AvgIpc) is 2.09. The lowest BCUT2D eigenvalue weighted by Gasteiger charge is -2.39. The van der Waals surface area contributed by atoms with Crippen molar-refractivity contribution in [2.45, 2.75) is 72.3 Å². The van der Waals surface area contributed by atoms with Gasteiger partial charge in [-0.05, 0) is 43.6 Å². The van der Waals surface area contributed by atoms with Gasteiger partial charge in [-0.2, -0.15) is 0 Å². The molecule has 0 aromatic carbocycles. The summed E-state index contributed by atoms with van der Waals surface area (Å²) >= 11 is 0. The fourth-order valence-electron chi connectivity index (χ4n) is 3.18. The van der Waals surface area contributed by atoms with E-state index in [1.54, 1.807) is 0 Å². The zero-order chi connectivity index (χ0) is 11.3. The zero-order valence-corrected chi connectivity index (χ0v) is 11.1. The molecule has 1 aliphatic carbocycles. The second kappa shape index (κ2) is 5.89. The Hall–Kier alpha value is -0.0400. The third kappa shape index (κ3) is 5.01. The molecule has 1 heteroatoms. The predicted octanol–water partition coefficient (Wildman–Crippen LogP) is 3.98. The van der Waals surface area contributed by atoms with Gasteiger partial charge in [0.2, 0.25) is 0 Å². The van der Waals surface area contributed by atoms with E-state index in [4.69, 9.17) is 0 Å². The Labute approximate surface area is 96.0 Å². The number of nitrogens with one attached hydrogen (secondary N) is 1. The van der Waals surface area contributed by atoms with Crippen molar-refractivity contribution < 1.29 is 0 Å². The molecule has 0 amide bonds. The van der Waals surface area contributed by atoms with Gasteiger partial charge >= 0.3 is 0 Å². The van der Waals surface area contributed by atoms with Gasteiger partial charge in [0.05, 0.1) is 0 Å². The Bertz CT molecular complexity index is 174. The lowest BCUT2D eigenvalue weighted by Crippen LogP contribution is -2.40. The monoisotopic (exact) mass is 211 g/mol. The summed E-state index contributed by atoms with van der Waals surface area (Å²) in [5.74, 6) is 0.900. The van der Waals surface area contributed by atoms with Crippen LogP contribution >= 0.6 is 0 Å². The van der Waals surface area contributed by atoms with Crippen molar-refractivity contribution >= 4 is 0 Å². The average molecular weight is 211 g/mol. The van der Waals surface area contributed by atoms with E-state index in [0.717, 1.165) is 12.0 Å². The number of rotatable bonds is 5. The molecule has 0 aromatic rings. The van der Waals surface area contributed by atoms with Gasteiger partial charge in [0.1, 0.15) is 0 Å². The normalized spacial score (nSPS) is 30.4. The largest absolute Gasteiger partial charge is 0.314 e. The Balaban J connectivity index is 2.23.